The van der Waals surface area contributed by atoms with Crippen LogP contribution in [0.15, 0.2) is 49.0 Å². The first-order valence-electron chi connectivity index (χ1n) is 6.84. The molecular formula is C18H12O5. The van der Waals surface area contributed by atoms with Crippen LogP contribution < -0.4 is 4.74 Å². The van der Waals surface area contributed by atoms with Crippen LogP contribution in [0.5, 0.6) is 5.75 Å². The van der Waals surface area contributed by atoms with Gasteiger partial charge in [-0.15, -0.1) is 0 Å². The van der Waals surface area contributed by atoms with E-state index in [1.54, 1.807) is 24.3 Å². The van der Waals surface area contributed by atoms with Gasteiger partial charge >= 0.3 is 17.9 Å². The molecule has 0 saturated heterocycles. The molecule has 0 aliphatic carbocycles. The predicted octanol–water partition coefficient (Wildman–Crippen LogP) is 3.25. The molecule has 3 rings (SSSR count). The molecule has 0 bridgehead atoms. The van der Waals surface area contributed by atoms with Crippen LogP contribution in [0, 0.1) is 0 Å². The van der Waals surface area contributed by atoms with Crippen molar-refractivity contribution in [2.24, 2.45) is 0 Å². The Labute approximate surface area is 132 Å². The van der Waals surface area contributed by atoms with Gasteiger partial charge in [0.2, 0.25) is 0 Å². The van der Waals surface area contributed by atoms with Gasteiger partial charge in [0.1, 0.15) is 5.75 Å². The highest BCUT2D eigenvalue weighted by Gasteiger charge is 2.30. The van der Waals surface area contributed by atoms with Gasteiger partial charge in [0, 0.05) is 0 Å². The summed E-state index contributed by atoms with van der Waals surface area (Å²) in [4.78, 5) is 35.0. The van der Waals surface area contributed by atoms with Gasteiger partial charge in [0.05, 0.1) is 16.7 Å². The third kappa shape index (κ3) is 2.76. The molecule has 23 heavy (non-hydrogen) atoms. The fourth-order valence-electron chi connectivity index (χ4n) is 2.19. The van der Waals surface area contributed by atoms with Crippen molar-refractivity contribution in [1.82, 2.24) is 0 Å². The SMILES string of the molecule is C=C(C)c1ccc(OC(=O)c2ccc3c(c2)C(=O)OC3=O)cc1. The third-order valence-corrected chi connectivity index (χ3v) is 3.44. The predicted molar refractivity (Wildman–Crippen MR) is 82.3 cm³/mol. The summed E-state index contributed by atoms with van der Waals surface area (Å²) in [7, 11) is 0. The van der Waals surface area contributed by atoms with Crippen LogP contribution in [0.1, 0.15) is 43.6 Å². The second kappa shape index (κ2) is 5.53. The molecule has 1 aliphatic rings. The van der Waals surface area contributed by atoms with Crippen LogP contribution in [0.25, 0.3) is 5.57 Å². The van der Waals surface area contributed by atoms with Crippen molar-refractivity contribution >= 4 is 23.5 Å². The van der Waals surface area contributed by atoms with E-state index in [0.29, 0.717) is 5.75 Å². The lowest BCUT2D eigenvalue weighted by Crippen LogP contribution is -2.09. The fraction of sp³-hybridized carbons (Fsp3) is 0.0556. The van der Waals surface area contributed by atoms with Gasteiger partial charge in [-0.25, -0.2) is 14.4 Å². The Kier molecular flexibility index (Phi) is 3.54. The highest BCUT2D eigenvalue weighted by molar-refractivity contribution is 6.15. The van der Waals surface area contributed by atoms with Crippen LogP contribution in [0.3, 0.4) is 0 Å². The number of benzene rings is 2. The topological polar surface area (TPSA) is 69.7 Å². The summed E-state index contributed by atoms with van der Waals surface area (Å²) >= 11 is 0. The van der Waals surface area contributed by atoms with Crippen LogP contribution in [0.4, 0.5) is 0 Å². The summed E-state index contributed by atoms with van der Waals surface area (Å²) in [6, 6.07) is 11.0. The molecule has 114 valence electrons. The molecule has 0 unspecified atom stereocenters. The first kappa shape index (κ1) is 14.7. The summed E-state index contributed by atoms with van der Waals surface area (Å²) in [5, 5.41) is 0. The zero-order chi connectivity index (χ0) is 16.6. The zero-order valence-corrected chi connectivity index (χ0v) is 12.3. The van der Waals surface area contributed by atoms with Crippen LogP contribution >= 0.6 is 0 Å². The van der Waals surface area contributed by atoms with E-state index in [0.717, 1.165) is 11.1 Å². The molecule has 2 aromatic rings. The number of ether oxygens (including phenoxy) is 2. The van der Waals surface area contributed by atoms with Crippen molar-refractivity contribution in [3.63, 3.8) is 0 Å². The van der Waals surface area contributed by atoms with Crippen molar-refractivity contribution in [1.29, 1.82) is 0 Å². The lowest BCUT2D eigenvalue weighted by Gasteiger charge is -2.06. The number of esters is 3. The molecule has 0 fully saturated rings. The number of fused-ring (bicyclic) bond motifs is 1. The number of cyclic esters (lactones) is 2. The molecule has 0 radical (unpaired) electrons. The van der Waals surface area contributed by atoms with E-state index in [4.69, 9.17) is 4.74 Å². The second-order valence-electron chi connectivity index (χ2n) is 5.13. The molecule has 0 amide bonds. The summed E-state index contributed by atoms with van der Waals surface area (Å²) in [5.74, 6) is -1.71. The number of allylic oxidation sites excluding steroid dienone is 1. The molecule has 0 spiro atoms. The molecule has 0 atom stereocenters. The smallest absolute Gasteiger partial charge is 0.346 e. The maximum absolute atomic E-state index is 12.1. The second-order valence-corrected chi connectivity index (χ2v) is 5.13. The van der Waals surface area contributed by atoms with Gasteiger partial charge in [0.25, 0.3) is 0 Å². The Bertz CT molecular complexity index is 846. The number of hydrogen-bond acceptors (Lipinski definition) is 5. The van der Waals surface area contributed by atoms with Crippen molar-refractivity contribution in [3.05, 3.63) is 71.3 Å². The monoisotopic (exact) mass is 308 g/mol. The quantitative estimate of drug-likeness (QED) is 0.494. The minimum absolute atomic E-state index is 0.0714. The Morgan fingerprint density at radius 3 is 2.22 bits per heavy atom. The van der Waals surface area contributed by atoms with E-state index in [1.807, 2.05) is 6.92 Å². The van der Waals surface area contributed by atoms with E-state index in [9.17, 15) is 14.4 Å². The standard InChI is InChI=1S/C18H12O5/c1-10(2)11-3-6-13(7-4-11)22-16(19)12-5-8-14-15(9-12)18(21)23-17(14)20/h3-9H,1H2,2H3. The van der Waals surface area contributed by atoms with Crippen molar-refractivity contribution in [2.75, 3.05) is 0 Å². The van der Waals surface area contributed by atoms with Gasteiger partial charge < -0.3 is 9.47 Å². The van der Waals surface area contributed by atoms with E-state index in [1.165, 1.54) is 18.2 Å². The Morgan fingerprint density at radius 1 is 0.957 bits per heavy atom. The van der Waals surface area contributed by atoms with Gasteiger partial charge in [-0.05, 0) is 42.8 Å². The van der Waals surface area contributed by atoms with Crippen LogP contribution in [-0.4, -0.2) is 17.9 Å². The Hall–Kier alpha value is -3.21. The summed E-state index contributed by atoms with van der Waals surface area (Å²) in [6.07, 6.45) is 0. The average Bonchev–Trinajstić information content (AvgIpc) is 2.82. The van der Waals surface area contributed by atoms with Crippen LogP contribution in [0.2, 0.25) is 0 Å². The maximum atomic E-state index is 12.1. The molecule has 0 N–H and O–H groups in total. The van der Waals surface area contributed by atoms with E-state index < -0.39 is 17.9 Å². The minimum atomic E-state index is -0.759. The molecule has 0 aromatic heterocycles. The van der Waals surface area contributed by atoms with E-state index >= 15 is 0 Å². The minimum Gasteiger partial charge on any atom is -0.423 e. The Morgan fingerprint density at radius 2 is 1.57 bits per heavy atom. The maximum Gasteiger partial charge on any atom is 0.346 e. The largest absolute Gasteiger partial charge is 0.423 e. The van der Waals surface area contributed by atoms with Crippen molar-refractivity contribution in [2.45, 2.75) is 6.92 Å². The molecule has 1 heterocycles. The molecular weight excluding hydrogens is 296 g/mol. The number of carbonyl (C=O) groups excluding carboxylic acids is 3. The molecule has 0 saturated carbocycles. The number of hydrogen-bond donors (Lipinski definition) is 0. The number of carbonyl (C=O) groups is 3. The van der Waals surface area contributed by atoms with E-state index in [2.05, 4.69) is 11.3 Å². The first-order chi connectivity index (χ1) is 11.0. The molecule has 1 aliphatic heterocycles. The first-order valence-corrected chi connectivity index (χ1v) is 6.84. The fourth-order valence-corrected chi connectivity index (χ4v) is 2.19. The zero-order valence-electron chi connectivity index (χ0n) is 12.3. The lowest BCUT2D eigenvalue weighted by molar-refractivity contribution is 0.0443. The van der Waals surface area contributed by atoms with Gasteiger partial charge in [0.15, 0.2) is 0 Å². The lowest BCUT2D eigenvalue weighted by atomic mass is 10.1. The van der Waals surface area contributed by atoms with Gasteiger partial charge in [-0.3, -0.25) is 0 Å². The van der Waals surface area contributed by atoms with Gasteiger partial charge in [-0.1, -0.05) is 24.3 Å². The molecule has 5 nitrogen and oxygen atoms in total. The van der Waals surface area contributed by atoms with Crippen LogP contribution in [-0.2, 0) is 4.74 Å². The van der Waals surface area contributed by atoms with E-state index in [-0.39, 0.29) is 16.7 Å². The number of rotatable bonds is 3. The third-order valence-electron chi connectivity index (χ3n) is 3.44. The highest BCUT2D eigenvalue weighted by Crippen LogP contribution is 2.23. The van der Waals surface area contributed by atoms with Crippen molar-refractivity contribution < 1.29 is 23.9 Å². The van der Waals surface area contributed by atoms with Gasteiger partial charge in [-0.2, -0.15) is 0 Å². The molecule has 2 aromatic carbocycles. The Balaban J connectivity index is 1.81. The summed E-state index contributed by atoms with van der Waals surface area (Å²) in [5.41, 5.74) is 2.24. The van der Waals surface area contributed by atoms with Crippen molar-refractivity contribution in [3.8, 4) is 5.75 Å². The summed E-state index contributed by atoms with van der Waals surface area (Å²) < 4.78 is 9.73. The average molecular weight is 308 g/mol. The molecule has 5 heteroatoms. The highest BCUT2D eigenvalue weighted by atomic mass is 16.6. The normalized spacial score (nSPS) is 12.6. The summed E-state index contributed by atoms with van der Waals surface area (Å²) in [6.45, 7) is 5.71.